The van der Waals surface area contributed by atoms with Crippen molar-refractivity contribution in [1.82, 2.24) is 0 Å². The van der Waals surface area contributed by atoms with E-state index in [0.29, 0.717) is 19.0 Å². The van der Waals surface area contributed by atoms with Crippen LogP contribution in [0.5, 0.6) is 11.5 Å². The number of benzene rings is 1. The molecule has 0 aliphatic heterocycles. The van der Waals surface area contributed by atoms with E-state index in [1.807, 2.05) is 19.9 Å². The molecule has 0 aromatic heterocycles. The summed E-state index contributed by atoms with van der Waals surface area (Å²) in [7, 11) is 0. The fourth-order valence-corrected chi connectivity index (χ4v) is 1.53. The Morgan fingerprint density at radius 2 is 1.64 bits per heavy atom. The Bertz CT molecular complexity index is 284. The number of halogens is 1. The smallest absolute Gasteiger partial charge is 0.163 e. The van der Waals surface area contributed by atoms with Crippen molar-refractivity contribution in [3.05, 3.63) is 15.7 Å². The van der Waals surface area contributed by atoms with Gasteiger partial charge >= 0.3 is 0 Å². The third-order valence-electron chi connectivity index (χ3n) is 1.66. The summed E-state index contributed by atoms with van der Waals surface area (Å²) in [4.78, 5) is 0. The fraction of sp³-hybridized carbons (Fsp3) is 0.400. The van der Waals surface area contributed by atoms with E-state index in [1.165, 1.54) is 0 Å². The standard InChI is InChI=1S/C10H14INO2/c1-3-13-9-5-7(11)8(12)6-10(9)14-4-2/h5-6H,3-4,12H2,1-2H3. The van der Waals surface area contributed by atoms with E-state index in [4.69, 9.17) is 15.2 Å². The molecule has 4 heteroatoms. The van der Waals surface area contributed by atoms with Crippen LogP contribution in [-0.4, -0.2) is 13.2 Å². The maximum atomic E-state index is 5.77. The SMILES string of the molecule is CCOc1cc(N)c(I)cc1OCC. The van der Waals surface area contributed by atoms with Gasteiger partial charge in [0.05, 0.1) is 13.2 Å². The van der Waals surface area contributed by atoms with Crippen LogP contribution in [0.1, 0.15) is 13.8 Å². The van der Waals surface area contributed by atoms with Crippen molar-refractivity contribution in [3.63, 3.8) is 0 Å². The molecule has 14 heavy (non-hydrogen) atoms. The zero-order chi connectivity index (χ0) is 10.6. The number of ether oxygens (including phenoxy) is 2. The Hall–Kier alpha value is -0.650. The molecule has 0 saturated carbocycles. The zero-order valence-electron chi connectivity index (χ0n) is 8.34. The summed E-state index contributed by atoms with van der Waals surface area (Å²) in [5.41, 5.74) is 6.49. The summed E-state index contributed by atoms with van der Waals surface area (Å²) in [5.74, 6) is 1.47. The van der Waals surface area contributed by atoms with Crippen molar-refractivity contribution >= 4 is 28.3 Å². The maximum Gasteiger partial charge on any atom is 0.163 e. The first-order valence-corrected chi connectivity index (χ1v) is 5.61. The summed E-state index contributed by atoms with van der Waals surface area (Å²) in [6.45, 7) is 5.11. The number of nitrogens with two attached hydrogens (primary N) is 1. The van der Waals surface area contributed by atoms with Gasteiger partial charge in [0.2, 0.25) is 0 Å². The molecule has 1 aromatic carbocycles. The lowest BCUT2D eigenvalue weighted by atomic mass is 10.3. The Morgan fingerprint density at radius 1 is 1.14 bits per heavy atom. The van der Waals surface area contributed by atoms with Gasteiger partial charge < -0.3 is 15.2 Å². The summed E-state index contributed by atoms with van der Waals surface area (Å²) in [6.07, 6.45) is 0. The van der Waals surface area contributed by atoms with Crippen molar-refractivity contribution < 1.29 is 9.47 Å². The van der Waals surface area contributed by atoms with E-state index in [-0.39, 0.29) is 0 Å². The molecule has 0 heterocycles. The molecule has 0 unspecified atom stereocenters. The van der Waals surface area contributed by atoms with E-state index in [1.54, 1.807) is 6.07 Å². The predicted molar refractivity (Wildman–Crippen MR) is 65.9 cm³/mol. The molecule has 0 aliphatic rings. The highest BCUT2D eigenvalue weighted by Gasteiger charge is 2.07. The topological polar surface area (TPSA) is 44.5 Å². The Labute approximate surface area is 97.7 Å². The van der Waals surface area contributed by atoms with Gasteiger partial charge in [-0.05, 0) is 42.5 Å². The van der Waals surface area contributed by atoms with Crippen molar-refractivity contribution in [2.75, 3.05) is 18.9 Å². The second-order valence-corrected chi connectivity index (χ2v) is 3.85. The van der Waals surface area contributed by atoms with Crippen molar-refractivity contribution in [2.24, 2.45) is 0 Å². The number of hydrogen-bond donors (Lipinski definition) is 1. The highest BCUT2D eigenvalue weighted by Crippen LogP contribution is 2.33. The van der Waals surface area contributed by atoms with Crippen LogP contribution < -0.4 is 15.2 Å². The normalized spacial score (nSPS) is 9.93. The van der Waals surface area contributed by atoms with E-state index < -0.39 is 0 Å². The summed E-state index contributed by atoms with van der Waals surface area (Å²) < 4.78 is 11.8. The quantitative estimate of drug-likeness (QED) is 0.687. The Morgan fingerprint density at radius 3 is 2.14 bits per heavy atom. The lowest BCUT2D eigenvalue weighted by molar-refractivity contribution is 0.288. The van der Waals surface area contributed by atoms with E-state index in [0.717, 1.165) is 15.0 Å². The molecular weight excluding hydrogens is 293 g/mol. The molecule has 0 radical (unpaired) electrons. The Kier molecular flexibility index (Phi) is 4.31. The monoisotopic (exact) mass is 307 g/mol. The summed E-state index contributed by atoms with van der Waals surface area (Å²) in [6, 6.07) is 3.70. The van der Waals surface area contributed by atoms with Crippen LogP contribution in [0.2, 0.25) is 0 Å². The molecule has 0 saturated heterocycles. The summed E-state index contributed by atoms with van der Waals surface area (Å²) >= 11 is 2.17. The van der Waals surface area contributed by atoms with Gasteiger partial charge in [0.1, 0.15) is 0 Å². The number of nitrogen functional groups attached to an aromatic ring is 1. The fourth-order valence-electron chi connectivity index (χ4n) is 1.09. The molecule has 3 nitrogen and oxygen atoms in total. The van der Waals surface area contributed by atoms with Gasteiger partial charge in [-0.15, -0.1) is 0 Å². The van der Waals surface area contributed by atoms with Gasteiger partial charge in [-0.1, -0.05) is 0 Å². The van der Waals surface area contributed by atoms with Gasteiger partial charge in [0.15, 0.2) is 11.5 Å². The van der Waals surface area contributed by atoms with E-state index >= 15 is 0 Å². The van der Waals surface area contributed by atoms with Crippen molar-refractivity contribution in [3.8, 4) is 11.5 Å². The Balaban J connectivity index is 3.03. The molecule has 0 spiro atoms. The molecule has 0 bridgehead atoms. The maximum absolute atomic E-state index is 5.77. The van der Waals surface area contributed by atoms with Crippen LogP contribution in [0.15, 0.2) is 12.1 Å². The minimum Gasteiger partial charge on any atom is -0.490 e. The van der Waals surface area contributed by atoms with Crippen LogP contribution in [0.3, 0.4) is 0 Å². The minimum atomic E-state index is 0.611. The molecule has 2 N–H and O–H groups in total. The molecule has 0 fully saturated rings. The lowest BCUT2D eigenvalue weighted by Crippen LogP contribution is -2.00. The predicted octanol–water partition coefficient (Wildman–Crippen LogP) is 2.67. The van der Waals surface area contributed by atoms with Crippen LogP contribution in [0.25, 0.3) is 0 Å². The van der Waals surface area contributed by atoms with Gasteiger partial charge in [-0.25, -0.2) is 0 Å². The number of rotatable bonds is 4. The van der Waals surface area contributed by atoms with Gasteiger partial charge in [-0.3, -0.25) is 0 Å². The summed E-state index contributed by atoms with van der Waals surface area (Å²) in [5, 5.41) is 0. The number of hydrogen-bond acceptors (Lipinski definition) is 3. The van der Waals surface area contributed by atoms with E-state index in [9.17, 15) is 0 Å². The van der Waals surface area contributed by atoms with Gasteiger partial charge in [-0.2, -0.15) is 0 Å². The van der Waals surface area contributed by atoms with Gasteiger partial charge in [0.25, 0.3) is 0 Å². The van der Waals surface area contributed by atoms with Crippen LogP contribution >= 0.6 is 22.6 Å². The number of anilines is 1. The first-order chi connectivity index (χ1) is 6.69. The minimum absolute atomic E-state index is 0.611. The zero-order valence-corrected chi connectivity index (χ0v) is 10.5. The van der Waals surface area contributed by atoms with Gasteiger partial charge in [0, 0.05) is 15.3 Å². The molecule has 0 amide bonds. The highest BCUT2D eigenvalue weighted by atomic mass is 127. The van der Waals surface area contributed by atoms with Crippen LogP contribution in [0, 0.1) is 3.57 Å². The average molecular weight is 307 g/mol. The third-order valence-corrected chi connectivity index (χ3v) is 2.60. The molecule has 0 aliphatic carbocycles. The largest absolute Gasteiger partial charge is 0.490 e. The highest BCUT2D eigenvalue weighted by molar-refractivity contribution is 14.1. The first kappa shape index (κ1) is 11.4. The third kappa shape index (κ3) is 2.67. The van der Waals surface area contributed by atoms with E-state index in [2.05, 4.69) is 22.6 Å². The molecular formula is C10H14INO2. The first-order valence-electron chi connectivity index (χ1n) is 4.53. The average Bonchev–Trinajstić information content (AvgIpc) is 2.14. The lowest BCUT2D eigenvalue weighted by Gasteiger charge is -2.12. The second-order valence-electron chi connectivity index (χ2n) is 2.69. The second kappa shape index (κ2) is 5.29. The van der Waals surface area contributed by atoms with Crippen LogP contribution in [-0.2, 0) is 0 Å². The molecule has 78 valence electrons. The molecule has 0 atom stereocenters. The van der Waals surface area contributed by atoms with Crippen LogP contribution in [0.4, 0.5) is 5.69 Å². The molecule has 1 aromatic rings. The van der Waals surface area contributed by atoms with Crippen molar-refractivity contribution in [1.29, 1.82) is 0 Å². The van der Waals surface area contributed by atoms with Crippen molar-refractivity contribution in [2.45, 2.75) is 13.8 Å². The molecule has 1 rings (SSSR count).